The fourth-order valence-corrected chi connectivity index (χ4v) is 2.41. The van der Waals surface area contributed by atoms with Crippen molar-refractivity contribution in [1.82, 2.24) is 0 Å². The number of rotatable bonds is 6. The number of carbonyl (C=O) groups is 1. The lowest BCUT2D eigenvalue weighted by molar-refractivity contribution is -0.112. The van der Waals surface area contributed by atoms with Crippen LogP contribution in [-0.2, 0) is 4.79 Å². The van der Waals surface area contributed by atoms with Crippen molar-refractivity contribution in [2.24, 2.45) is 0 Å². The molecular weight excluding hydrogens is 328 g/mol. The molecule has 0 radical (unpaired) electrons. The van der Waals surface area contributed by atoms with Gasteiger partial charge in [-0.25, -0.2) is 0 Å². The normalized spacial score (nSPS) is 10.8. The van der Waals surface area contributed by atoms with Crippen LogP contribution in [0.1, 0.15) is 23.6 Å². The molecule has 0 saturated heterocycles. The average molecular weight is 350 g/mol. The van der Waals surface area contributed by atoms with E-state index in [1.165, 1.54) is 6.08 Å². The summed E-state index contributed by atoms with van der Waals surface area (Å²) < 4.78 is 10.8. The zero-order valence-electron chi connectivity index (χ0n) is 15.4. The second-order valence-electron chi connectivity index (χ2n) is 5.78. The molecule has 0 aliphatic heterocycles. The van der Waals surface area contributed by atoms with Gasteiger partial charge in [-0.05, 0) is 56.2 Å². The Kier molecular flexibility index (Phi) is 6.40. The monoisotopic (exact) mass is 350 g/mol. The maximum atomic E-state index is 12.5. The summed E-state index contributed by atoms with van der Waals surface area (Å²) in [5.41, 5.74) is 3.29. The number of aryl methyl sites for hydroxylation is 2. The third kappa shape index (κ3) is 4.64. The van der Waals surface area contributed by atoms with Gasteiger partial charge in [0.05, 0.1) is 13.7 Å². The molecule has 26 heavy (non-hydrogen) atoms. The van der Waals surface area contributed by atoms with Crippen molar-refractivity contribution in [3.63, 3.8) is 0 Å². The SMILES string of the molecule is CCOc1cc(OC)ccc1/C=C(\C#N)C(=O)Nc1cc(C)ccc1C. The molecule has 0 fully saturated rings. The predicted molar refractivity (Wildman–Crippen MR) is 102 cm³/mol. The van der Waals surface area contributed by atoms with E-state index < -0.39 is 5.91 Å². The van der Waals surface area contributed by atoms with Crippen LogP contribution >= 0.6 is 0 Å². The maximum absolute atomic E-state index is 12.5. The zero-order valence-corrected chi connectivity index (χ0v) is 15.4. The third-order valence-corrected chi connectivity index (χ3v) is 3.83. The van der Waals surface area contributed by atoms with Gasteiger partial charge in [0, 0.05) is 17.3 Å². The van der Waals surface area contributed by atoms with Crippen molar-refractivity contribution in [2.75, 3.05) is 19.0 Å². The summed E-state index contributed by atoms with van der Waals surface area (Å²) >= 11 is 0. The highest BCUT2D eigenvalue weighted by Gasteiger charge is 2.13. The van der Waals surface area contributed by atoms with E-state index in [-0.39, 0.29) is 5.57 Å². The molecular formula is C21H22N2O3. The van der Waals surface area contributed by atoms with Crippen molar-refractivity contribution < 1.29 is 14.3 Å². The second-order valence-corrected chi connectivity index (χ2v) is 5.78. The first kappa shape index (κ1) is 19.1. The number of amides is 1. The summed E-state index contributed by atoms with van der Waals surface area (Å²) in [5.74, 6) is 0.738. The van der Waals surface area contributed by atoms with Crippen LogP contribution < -0.4 is 14.8 Å². The Morgan fingerprint density at radius 3 is 2.65 bits per heavy atom. The summed E-state index contributed by atoms with van der Waals surface area (Å²) in [6.45, 7) is 6.18. The van der Waals surface area contributed by atoms with E-state index in [9.17, 15) is 10.1 Å². The molecule has 0 aliphatic carbocycles. The van der Waals surface area contributed by atoms with Crippen LogP contribution in [-0.4, -0.2) is 19.6 Å². The number of hydrogen-bond donors (Lipinski definition) is 1. The molecule has 2 aromatic rings. The minimum absolute atomic E-state index is 0.00275. The first-order valence-electron chi connectivity index (χ1n) is 8.29. The highest BCUT2D eigenvalue weighted by molar-refractivity contribution is 6.10. The van der Waals surface area contributed by atoms with Gasteiger partial charge in [0.2, 0.25) is 0 Å². The molecule has 5 heteroatoms. The highest BCUT2D eigenvalue weighted by Crippen LogP contribution is 2.27. The predicted octanol–water partition coefficient (Wildman–Crippen LogP) is 4.26. The molecule has 0 atom stereocenters. The molecule has 0 aliphatic rings. The average Bonchev–Trinajstić information content (AvgIpc) is 2.63. The largest absolute Gasteiger partial charge is 0.497 e. The molecule has 134 valence electrons. The number of anilines is 1. The molecule has 0 heterocycles. The van der Waals surface area contributed by atoms with Gasteiger partial charge in [0.15, 0.2) is 0 Å². The van der Waals surface area contributed by atoms with Crippen molar-refractivity contribution >= 4 is 17.7 Å². The standard InChI is InChI=1S/C21H22N2O3/c1-5-26-20-12-18(25-4)9-8-16(20)11-17(13-22)21(24)23-19-10-14(2)6-7-15(19)3/h6-12H,5H2,1-4H3,(H,23,24)/b17-11+. The van der Waals surface area contributed by atoms with Crippen LogP contribution in [0.5, 0.6) is 11.5 Å². The van der Waals surface area contributed by atoms with Gasteiger partial charge < -0.3 is 14.8 Å². The smallest absolute Gasteiger partial charge is 0.266 e. The fourth-order valence-electron chi connectivity index (χ4n) is 2.41. The summed E-state index contributed by atoms with van der Waals surface area (Å²) in [5, 5.41) is 12.2. The Morgan fingerprint density at radius 1 is 1.23 bits per heavy atom. The van der Waals surface area contributed by atoms with Crippen molar-refractivity contribution in [2.45, 2.75) is 20.8 Å². The Hall–Kier alpha value is -3.26. The van der Waals surface area contributed by atoms with Gasteiger partial charge in [-0.1, -0.05) is 12.1 Å². The zero-order chi connectivity index (χ0) is 19.1. The van der Waals surface area contributed by atoms with Crippen molar-refractivity contribution in [3.05, 3.63) is 58.7 Å². The summed E-state index contributed by atoms with van der Waals surface area (Å²) in [6.07, 6.45) is 1.52. The lowest BCUT2D eigenvalue weighted by atomic mass is 10.1. The van der Waals surface area contributed by atoms with E-state index in [2.05, 4.69) is 5.32 Å². The number of methoxy groups -OCH3 is 1. The second kappa shape index (κ2) is 8.72. The first-order chi connectivity index (χ1) is 12.5. The minimum Gasteiger partial charge on any atom is -0.497 e. The first-order valence-corrected chi connectivity index (χ1v) is 8.29. The van der Waals surface area contributed by atoms with Crippen LogP contribution in [0.15, 0.2) is 42.0 Å². The van der Waals surface area contributed by atoms with E-state index in [1.807, 2.05) is 45.0 Å². The van der Waals surface area contributed by atoms with Crippen LogP contribution in [0.25, 0.3) is 6.08 Å². The van der Waals surface area contributed by atoms with Crippen LogP contribution in [0.2, 0.25) is 0 Å². The van der Waals surface area contributed by atoms with Gasteiger partial charge in [-0.3, -0.25) is 4.79 Å². The number of carbonyl (C=O) groups excluding carboxylic acids is 1. The topological polar surface area (TPSA) is 71.3 Å². The van der Waals surface area contributed by atoms with E-state index in [0.717, 1.165) is 11.1 Å². The Bertz CT molecular complexity index is 879. The molecule has 0 spiro atoms. The summed E-state index contributed by atoms with van der Waals surface area (Å²) in [7, 11) is 1.57. The molecule has 2 rings (SSSR count). The highest BCUT2D eigenvalue weighted by atomic mass is 16.5. The van der Waals surface area contributed by atoms with Gasteiger partial charge in [0.1, 0.15) is 23.1 Å². The van der Waals surface area contributed by atoms with Crippen LogP contribution in [0.3, 0.4) is 0 Å². The molecule has 0 unspecified atom stereocenters. The Morgan fingerprint density at radius 2 is 2.00 bits per heavy atom. The molecule has 0 bridgehead atoms. The Balaban J connectivity index is 2.34. The minimum atomic E-state index is -0.459. The van der Waals surface area contributed by atoms with Gasteiger partial charge in [-0.2, -0.15) is 5.26 Å². The van der Waals surface area contributed by atoms with E-state index in [1.54, 1.807) is 25.3 Å². The Labute approximate surface area is 153 Å². The fraction of sp³-hybridized carbons (Fsp3) is 0.238. The number of benzene rings is 2. The molecule has 5 nitrogen and oxygen atoms in total. The van der Waals surface area contributed by atoms with E-state index in [0.29, 0.717) is 29.4 Å². The maximum Gasteiger partial charge on any atom is 0.266 e. The van der Waals surface area contributed by atoms with E-state index in [4.69, 9.17) is 9.47 Å². The lowest BCUT2D eigenvalue weighted by Gasteiger charge is -2.11. The molecule has 0 aromatic heterocycles. The quantitative estimate of drug-likeness (QED) is 0.624. The molecule has 0 saturated carbocycles. The van der Waals surface area contributed by atoms with Crippen LogP contribution in [0, 0.1) is 25.2 Å². The molecule has 2 aromatic carbocycles. The lowest BCUT2D eigenvalue weighted by Crippen LogP contribution is -2.14. The molecule has 1 amide bonds. The van der Waals surface area contributed by atoms with Gasteiger partial charge in [-0.15, -0.1) is 0 Å². The van der Waals surface area contributed by atoms with Crippen molar-refractivity contribution in [1.29, 1.82) is 5.26 Å². The number of hydrogen-bond acceptors (Lipinski definition) is 4. The summed E-state index contributed by atoms with van der Waals surface area (Å²) in [4.78, 5) is 12.5. The number of nitriles is 1. The van der Waals surface area contributed by atoms with E-state index >= 15 is 0 Å². The number of nitrogens with zero attached hydrogens (tertiary/aromatic N) is 1. The van der Waals surface area contributed by atoms with Gasteiger partial charge >= 0.3 is 0 Å². The number of nitrogens with one attached hydrogen (secondary N) is 1. The van der Waals surface area contributed by atoms with Crippen molar-refractivity contribution in [3.8, 4) is 17.6 Å². The number of ether oxygens (including phenoxy) is 2. The third-order valence-electron chi connectivity index (χ3n) is 3.83. The van der Waals surface area contributed by atoms with Crippen LogP contribution in [0.4, 0.5) is 5.69 Å². The summed E-state index contributed by atoms with van der Waals surface area (Å²) in [6, 6.07) is 13.0. The molecule has 1 N–H and O–H groups in total. The van der Waals surface area contributed by atoms with Gasteiger partial charge in [0.25, 0.3) is 5.91 Å².